The van der Waals surface area contributed by atoms with Gasteiger partial charge in [-0.1, -0.05) is 12.1 Å². The van der Waals surface area contributed by atoms with Crippen LogP contribution in [0.3, 0.4) is 0 Å². The molecule has 1 N–H and O–H groups in total. The average molecular weight is 389 g/mol. The number of carbonyl (C=O) groups is 1. The molecule has 0 spiro atoms. The van der Waals surface area contributed by atoms with E-state index < -0.39 is 0 Å². The Labute approximate surface area is 167 Å². The first-order valence-electron chi connectivity index (χ1n) is 9.00. The number of anilines is 1. The second kappa shape index (κ2) is 7.78. The highest BCUT2D eigenvalue weighted by Crippen LogP contribution is 2.27. The molecule has 4 aromatic rings. The molecule has 28 heavy (non-hydrogen) atoms. The van der Waals surface area contributed by atoms with Crippen molar-refractivity contribution in [1.82, 2.24) is 9.97 Å². The minimum absolute atomic E-state index is 0.196. The largest absolute Gasteiger partial charge is 0.494 e. The third kappa shape index (κ3) is 3.87. The first-order valence-corrected chi connectivity index (χ1v) is 9.88. The normalized spacial score (nSPS) is 10.8. The number of hydrogen-bond acceptors (Lipinski definition) is 5. The predicted octanol–water partition coefficient (Wildman–Crippen LogP) is 5.32. The van der Waals surface area contributed by atoms with E-state index in [4.69, 9.17) is 4.74 Å². The van der Waals surface area contributed by atoms with Crippen LogP contribution < -0.4 is 10.1 Å². The molecular weight excluding hydrogens is 370 g/mol. The van der Waals surface area contributed by atoms with Crippen molar-refractivity contribution in [2.24, 2.45) is 0 Å². The molecule has 2 heterocycles. The molecule has 2 aromatic heterocycles. The third-order valence-corrected chi connectivity index (χ3v) is 5.04. The fourth-order valence-electron chi connectivity index (χ4n) is 2.88. The molecule has 0 aliphatic rings. The number of pyridine rings is 1. The van der Waals surface area contributed by atoms with Gasteiger partial charge in [0, 0.05) is 27.6 Å². The Bertz CT molecular complexity index is 1140. The zero-order valence-electron chi connectivity index (χ0n) is 15.6. The molecule has 0 saturated heterocycles. The maximum atomic E-state index is 12.6. The average Bonchev–Trinajstić information content (AvgIpc) is 3.16. The quantitative estimate of drug-likeness (QED) is 0.502. The van der Waals surface area contributed by atoms with Crippen LogP contribution in [-0.2, 0) is 0 Å². The van der Waals surface area contributed by atoms with Crippen LogP contribution in [0.2, 0.25) is 0 Å². The molecule has 0 unspecified atom stereocenters. The van der Waals surface area contributed by atoms with E-state index in [1.54, 1.807) is 12.1 Å². The lowest BCUT2D eigenvalue weighted by atomic mass is 10.1. The van der Waals surface area contributed by atoms with Crippen LogP contribution in [0.1, 0.15) is 23.0 Å². The molecule has 140 valence electrons. The number of nitrogens with one attached hydrogen (secondary N) is 1. The highest BCUT2D eigenvalue weighted by Gasteiger charge is 2.11. The molecule has 0 fully saturated rings. The molecule has 4 rings (SSSR count). The Morgan fingerprint density at radius 2 is 1.86 bits per heavy atom. The number of nitrogens with zero attached hydrogens (tertiary/aromatic N) is 2. The van der Waals surface area contributed by atoms with Crippen molar-refractivity contribution in [3.63, 3.8) is 0 Å². The number of hydrogen-bond donors (Lipinski definition) is 1. The van der Waals surface area contributed by atoms with E-state index in [1.807, 2.05) is 61.7 Å². The van der Waals surface area contributed by atoms with Crippen molar-refractivity contribution >= 4 is 33.3 Å². The van der Waals surface area contributed by atoms with Gasteiger partial charge >= 0.3 is 0 Å². The first-order chi connectivity index (χ1) is 13.6. The molecule has 1 amide bonds. The van der Waals surface area contributed by atoms with Crippen molar-refractivity contribution in [1.29, 1.82) is 0 Å². The van der Waals surface area contributed by atoms with Crippen molar-refractivity contribution in [2.45, 2.75) is 13.8 Å². The molecule has 0 bridgehead atoms. The number of rotatable bonds is 5. The minimum Gasteiger partial charge on any atom is -0.494 e. The third-order valence-electron chi connectivity index (χ3n) is 4.28. The number of ether oxygens (including phenoxy) is 1. The van der Waals surface area contributed by atoms with Gasteiger partial charge in [-0.2, -0.15) is 0 Å². The Hall–Kier alpha value is -3.25. The van der Waals surface area contributed by atoms with E-state index >= 15 is 0 Å². The van der Waals surface area contributed by atoms with E-state index in [0.717, 1.165) is 33.6 Å². The Balaban J connectivity index is 1.51. The smallest absolute Gasteiger partial charge is 0.257 e. The van der Waals surface area contributed by atoms with E-state index in [2.05, 4.69) is 15.3 Å². The SMILES string of the molecule is CCOc1ccc(-c2csc(NC(=O)c3ccc4ccc(C)nc4c3)n2)cc1. The zero-order chi connectivity index (χ0) is 19.5. The van der Waals surface area contributed by atoms with Crippen molar-refractivity contribution in [2.75, 3.05) is 11.9 Å². The summed E-state index contributed by atoms with van der Waals surface area (Å²) >= 11 is 1.40. The first kappa shape index (κ1) is 18.1. The lowest BCUT2D eigenvalue weighted by Gasteiger charge is -2.04. The zero-order valence-corrected chi connectivity index (χ0v) is 16.4. The fourth-order valence-corrected chi connectivity index (χ4v) is 3.60. The standard InChI is InChI=1S/C22H19N3O2S/c1-3-27-18-10-8-16(9-11-18)20-13-28-22(24-20)25-21(26)17-7-6-15-5-4-14(2)23-19(15)12-17/h4-13H,3H2,1-2H3,(H,24,25,26). The van der Waals surface area contributed by atoms with E-state index in [-0.39, 0.29) is 5.91 Å². The van der Waals surface area contributed by atoms with E-state index in [0.29, 0.717) is 17.3 Å². The van der Waals surface area contributed by atoms with Crippen LogP contribution in [0.4, 0.5) is 5.13 Å². The summed E-state index contributed by atoms with van der Waals surface area (Å²) in [6.07, 6.45) is 0. The van der Waals surface area contributed by atoms with E-state index in [1.165, 1.54) is 11.3 Å². The highest BCUT2D eigenvalue weighted by molar-refractivity contribution is 7.14. The second-order valence-corrected chi connectivity index (χ2v) is 7.17. The summed E-state index contributed by atoms with van der Waals surface area (Å²) in [5, 5.41) is 6.37. The number of amides is 1. The van der Waals surface area contributed by atoms with Gasteiger partial charge in [0.2, 0.25) is 0 Å². The van der Waals surface area contributed by atoms with Crippen LogP contribution in [0.25, 0.3) is 22.2 Å². The molecular formula is C22H19N3O2S. The number of thiazole rings is 1. The number of fused-ring (bicyclic) bond motifs is 1. The van der Waals surface area contributed by atoms with Gasteiger partial charge in [0.1, 0.15) is 5.75 Å². The number of aromatic nitrogens is 2. The van der Waals surface area contributed by atoms with Gasteiger partial charge in [0.25, 0.3) is 5.91 Å². The molecule has 0 aliphatic heterocycles. The van der Waals surface area contributed by atoms with Gasteiger partial charge in [-0.25, -0.2) is 4.98 Å². The van der Waals surface area contributed by atoms with Gasteiger partial charge in [0.15, 0.2) is 5.13 Å². The fraction of sp³-hybridized carbons (Fsp3) is 0.136. The summed E-state index contributed by atoms with van der Waals surface area (Å²) in [5.74, 6) is 0.632. The second-order valence-electron chi connectivity index (χ2n) is 6.31. The maximum absolute atomic E-state index is 12.6. The number of benzene rings is 2. The van der Waals surface area contributed by atoms with Crippen LogP contribution in [-0.4, -0.2) is 22.5 Å². The van der Waals surface area contributed by atoms with Gasteiger partial charge < -0.3 is 4.74 Å². The predicted molar refractivity (Wildman–Crippen MR) is 113 cm³/mol. The number of carbonyl (C=O) groups excluding carboxylic acids is 1. The Kier molecular flexibility index (Phi) is 5.04. The molecule has 0 radical (unpaired) electrons. The lowest BCUT2D eigenvalue weighted by molar-refractivity contribution is 0.102. The summed E-state index contributed by atoms with van der Waals surface area (Å²) in [6, 6.07) is 17.2. The summed E-state index contributed by atoms with van der Waals surface area (Å²) in [5.41, 5.74) is 4.08. The number of aryl methyl sites for hydroxylation is 1. The summed E-state index contributed by atoms with van der Waals surface area (Å²) in [4.78, 5) is 21.6. The van der Waals surface area contributed by atoms with Crippen molar-refractivity contribution in [3.05, 3.63) is 71.2 Å². The minimum atomic E-state index is -0.196. The Morgan fingerprint density at radius 3 is 2.64 bits per heavy atom. The summed E-state index contributed by atoms with van der Waals surface area (Å²) < 4.78 is 5.46. The topological polar surface area (TPSA) is 64.1 Å². The van der Waals surface area contributed by atoms with Gasteiger partial charge in [-0.15, -0.1) is 11.3 Å². The van der Waals surface area contributed by atoms with Gasteiger partial charge in [-0.3, -0.25) is 15.1 Å². The molecule has 0 atom stereocenters. The Morgan fingerprint density at radius 1 is 1.07 bits per heavy atom. The molecule has 6 heteroatoms. The van der Waals surface area contributed by atoms with Crippen LogP contribution in [0, 0.1) is 6.92 Å². The highest BCUT2D eigenvalue weighted by atomic mass is 32.1. The molecule has 2 aromatic carbocycles. The van der Waals surface area contributed by atoms with Gasteiger partial charge in [-0.05, 0) is 56.3 Å². The maximum Gasteiger partial charge on any atom is 0.257 e. The van der Waals surface area contributed by atoms with E-state index in [9.17, 15) is 4.79 Å². The van der Waals surface area contributed by atoms with Gasteiger partial charge in [0.05, 0.1) is 17.8 Å². The van der Waals surface area contributed by atoms with Crippen molar-refractivity contribution in [3.8, 4) is 17.0 Å². The summed E-state index contributed by atoms with van der Waals surface area (Å²) in [6.45, 7) is 4.52. The van der Waals surface area contributed by atoms with Crippen LogP contribution in [0.5, 0.6) is 5.75 Å². The van der Waals surface area contributed by atoms with Crippen LogP contribution in [0.15, 0.2) is 60.0 Å². The lowest BCUT2D eigenvalue weighted by Crippen LogP contribution is -2.11. The van der Waals surface area contributed by atoms with Crippen molar-refractivity contribution < 1.29 is 9.53 Å². The van der Waals surface area contributed by atoms with Crippen LogP contribution >= 0.6 is 11.3 Å². The molecule has 0 aliphatic carbocycles. The molecule has 0 saturated carbocycles. The molecule has 5 nitrogen and oxygen atoms in total. The monoisotopic (exact) mass is 389 g/mol. The summed E-state index contributed by atoms with van der Waals surface area (Å²) in [7, 11) is 0.